The second-order valence-corrected chi connectivity index (χ2v) is 3.29. The van der Waals surface area contributed by atoms with Gasteiger partial charge in [0.15, 0.2) is 6.10 Å². The van der Waals surface area contributed by atoms with Crippen molar-refractivity contribution >= 4 is 0 Å². The normalized spacial score (nSPS) is 13.7. The van der Waals surface area contributed by atoms with Gasteiger partial charge in [0.25, 0.3) is 0 Å². The molecule has 0 saturated carbocycles. The molecule has 0 amide bonds. The van der Waals surface area contributed by atoms with Gasteiger partial charge in [-0.3, -0.25) is 0 Å². The third-order valence-corrected chi connectivity index (χ3v) is 2.12. The highest BCUT2D eigenvalue weighted by atomic mass is 19.4. The fourth-order valence-corrected chi connectivity index (χ4v) is 1.24. The van der Waals surface area contributed by atoms with Crippen molar-refractivity contribution in [3.8, 4) is 5.75 Å². The van der Waals surface area contributed by atoms with E-state index in [0.29, 0.717) is 6.07 Å². The maximum absolute atomic E-state index is 13.1. The summed E-state index contributed by atoms with van der Waals surface area (Å²) in [6, 6.07) is 1.74. The van der Waals surface area contributed by atoms with Gasteiger partial charge in [-0.2, -0.15) is 13.2 Å². The van der Waals surface area contributed by atoms with Gasteiger partial charge in [0, 0.05) is 5.56 Å². The Morgan fingerprint density at radius 3 is 2.31 bits per heavy atom. The number of ether oxygens (including phenoxy) is 1. The molecule has 0 bridgehead atoms. The largest absolute Gasteiger partial charge is 0.496 e. The first kappa shape index (κ1) is 12.8. The van der Waals surface area contributed by atoms with Crippen molar-refractivity contribution in [3.63, 3.8) is 0 Å². The highest BCUT2D eigenvalue weighted by molar-refractivity contribution is 5.40. The smallest absolute Gasteiger partial charge is 0.418 e. The van der Waals surface area contributed by atoms with Crippen LogP contribution < -0.4 is 4.74 Å². The predicted molar refractivity (Wildman–Crippen MR) is 48.7 cm³/mol. The molecule has 0 aliphatic heterocycles. The molecule has 6 heteroatoms. The van der Waals surface area contributed by atoms with Gasteiger partial charge in [-0.1, -0.05) is 0 Å². The van der Waals surface area contributed by atoms with Crippen LogP contribution in [-0.2, 0) is 0 Å². The van der Waals surface area contributed by atoms with Gasteiger partial charge in [-0.05, 0) is 24.6 Å². The molecule has 0 spiro atoms. The summed E-state index contributed by atoms with van der Waals surface area (Å²) in [5.74, 6) is -1.01. The zero-order valence-corrected chi connectivity index (χ0v) is 8.60. The fourth-order valence-electron chi connectivity index (χ4n) is 1.24. The number of aliphatic hydroxyl groups is 1. The van der Waals surface area contributed by atoms with E-state index in [2.05, 4.69) is 4.74 Å². The van der Waals surface area contributed by atoms with Crippen LogP contribution in [0.15, 0.2) is 12.1 Å². The number of benzene rings is 1. The quantitative estimate of drug-likeness (QED) is 0.803. The van der Waals surface area contributed by atoms with E-state index in [0.717, 1.165) is 13.2 Å². The number of alkyl halides is 3. The number of hydrogen-bond donors (Lipinski definition) is 1. The van der Waals surface area contributed by atoms with Gasteiger partial charge < -0.3 is 9.84 Å². The molecule has 1 aromatic carbocycles. The number of hydrogen-bond acceptors (Lipinski definition) is 2. The zero-order chi connectivity index (χ0) is 12.5. The van der Waals surface area contributed by atoms with Crippen molar-refractivity contribution < 1.29 is 27.4 Å². The molecule has 0 fully saturated rings. The van der Waals surface area contributed by atoms with Gasteiger partial charge in [-0.25, -0.2) is 4.39 Å². The standard InChI is InChI=1S/C10H10F4O2/c1-5-3-8(16-2)6(4-7(5)11)9(15)10(12,13)14/h3-4,9,15H,1-2H3/t9-/m0/s1. The Labute approximate surface area is 89.5 Å². The fraction of sp³-hybridized carbons (Fsp3) is 0.400. The molecule has 2 nitrogen and oxygen atoms in total. The van der Waals surface area contributed by atoms with Crippen LogP contribution in [0.4, 0.5) is 17.6 Å². The van der Waals surface area contributed by atoms with Crippen molar-refractivity contribution in [3.05, 3.63) is 29.1 Å². The summed E-state index contributed by atoms with van der Waals surface area (Å²) in [6.45, 7) is 1.39. The van der Waals surface area contributed by atoms with Crippen LogP contribution in [0.1, 0.15) is 17.2 Å². The van der Waals surface area contributed by atoms with Crippen LogP contribution in [0.3, 0.4) is 0 Å². The van der Waals surface area contributed by atoms with Crippen LogP contribution in [-0.4, -0.2) is 18.4 Å². The Bertz CT molecular complexity index is 387. The zero-order valence-electron chi connectivity index (χ0n) is 8.60. The van der Waals surface area contributed by atoms with Crippen molar-refractivity contribution in [1.82, 2.24) is 0 Å². The van der Waals surface area contributed by atoms with E-state index in [9.17, 15) is 17.6 Å². The van der Waals surface area contributed by atoms with E-state index in [1.165, 1.54) is 6.92 Å². The molecule has 0 aliphatic rings. The summed E-state index contributed by atoms with van der Waals surface area (Å²) in [4.78, 5) is 0. The molecule has 0 aliphatic carbocycles. The molecule has 0 saturated heterocycles. The van der Waals surface area contributed by atoms with Crippen LogP contribution >= 0.6 is 0 Å². The van der Waals surface area contributed by atoms with Gasteiger partial charge in [0.05, 0.1) is 7.11 Å². The van der Waals surface area contributed by atoms with Crippen molar-refractivity contribution in [2.75, 3.05) is 7.11 Å². The summed E-state index contributed by atoms with van der Waals surface area (Å²) in [6.07, 6.45) is -7.60. The van der Waals surface area contributed by atoms with Crippen LogP contribution in [0, 0.1) is 12.7 Å². The third kappa shape index (κ3) is 2.44. The first-order valence-corrected chi connectivity index (χ1v) is 4.36. The molecular formula is C10H10F4O2. The maximum Gasteiger partial charge on any atom is 0.418 e. The third-order valence-electron chi connectivity index (χ3n) is 2.12. The first-order valence-electron chi connectivity index (χ1n) is 4.36. The predicted octanol–water partition coefficient (Wildman–Crippen LogP) is 2.74. The molecule has 0 radical (unpaired) electrons. The Morgan fingerprint density at radius 1 is 1.31 bits per heavy atom. The van der Waals surface area contributed by atoms with Crippen molar-refractivity contribution in [2.45, 2.75) is 19.2 Å². The lowest BCUT2D eigenvalue weighted by Crippen LogP contribution is -2.21. The Hall–Kier alpha value is -1.30. The second kappa shape index (κ2) is 4.29. The van der Waals surface area contributed by atoms with Crippen LogP contribution in [0.5, 0.6) is 5.75 Å². The van der Waals surface area contributed by atoms with E-state index in [4.69, 9.17) is 5.11 Å². The molecule has 90 valence electrons. The monoisotopic (exact) mass is 238 g/mol. The Morgan fingerprint density at radius 2 is 1.88 bits per heavy atom. The van der Waals surface area contributed by atoms with E-state index in [-0.39, 0.29) is 11.3 Å². The van der Waals surface area contributed by atoms with E-state index >= 15 is 0 Å². The molecule has 1 N–H and O–H groups in total. The van der Waals surface area contributed by atoms with Gasteiger partial charge in [0.2, 0.25) is 0 Å². The highest BCUT2D eigenvalue weighted by Crippen LogP contribution is 2.37. The van der Waals surface area contributed by atoms with Gasteiger partial charge in [-0.15, -0.1) is 0 Å². The molecule has 1 atom stereocenters. The van der Waals surface area contributed by atoms with Crippen LogP contribution in [0.2, 0.25) is 0 Å². The molecule has 16 heavy (non-hydrogen) atoms. The Balaban J connectivity index is 3.27. The Kier molecular flexibility index (Phi) is 3.42. The van der Waals surface area contributed by atoms with Crippen molar-refractivity contribution in [1.29, 1.82) is 0 Å². The van der Waals surface area contributed by atoms with E-state index in [1.807, 2.05) is 0 Å². The van der Waals surface area contributed by atoms with Crippen LogP contribution in [0.25, 0.3) is 0 Å². The summed E-state index contributed by atoms with van der Waals surface area (Å²) in [5.41, 5.74) is -0.479. The van der Waals surface area contributed by atoms with E-state index < -0.39 is 23.7 Å². The second-order valence-electron chi connectivity index (χ2n) is 3.29. The lowest BCUT2D eigenvalue weighted by Gasteiger charge is -2.18. The minimum atomic E-state index is -4.85. The number of aryl methyl sites for hydroxylation is 1. The minimum Gasteiger partial charge on any atom is -0.496 e. The topological polar surface area (TPSA) is 29.5 Å². The molecule has 1 aromatic rings. The van der Waals surface area contributed by atoms with E-state index in [1.54, 1.807) is 0 Å². The van der Waals surface area contributed by atoms with Gasteiger partial charge >= 0.3 is 6.18 Å². The average molecular weight is 238 g/mol. The summed E-state index contributed by atoms with van der Waals surface area (Å²) in [7, 11) is 1.15. The molecule has 1 rings (SSSR count). The number of halogens is 4. The SMILES string of the molecule is COc1cc(C)c(F)cc1[C@H](O)C(F)(F)F. The maximum atomic E-state index is 13.1. The van der Waals surface area contributed by atoms with Crippen molar-refractivity contribution in [2.24, 2.45) is 0 Å². The lowest BCUT2D eigenvalue weighted by molar-refractivity contribution is -0.207. The van der Waals surface area contributed by atoms with Gasteiger partial charge in [0.1, 0.15) is 11.6 Å². The highest BCUT2D eigenvalue weighted by Gasteiger charge is 2.41. The molecule has 0 aromatic heterocycles. The molecular weight excluding hydrogens is 228 g/mol. The minimum absolute atomic E-state index is 0.148. The summed E-state index contributed by atoms with van der Waals surface area (Å²) in [5, 5.41) is 9.01. The molecule has 0 unspecified atom stereocenters. The molecule has 0 heterocycles. The summed E-state index contributed by atoms with van der Waals surface area (Å²) < 4.78 is 54.5. The first-order chi connectivity index (χ1) is 7.27. The number of aliphatic hydroxyl groups excluding tert-OH is 1. The summed E-state index contributed by atoms with van der Waals surface area (Å²) >= 11 is 0. The lowest BCUT2D eigenvalue weighted by atomic mass is 10.0. The number of methoxy groups -OCH3 is 1. The average Bonchev–Trinajstić information content (AvgIpc) is 2.19. The number of rotatable bonds is 2.